The molecule has 0 bridgehead atoms. The summed E-state index contributed by atoms with van der Waals surface area (Å²) in [5.41, 5.74) is 9.16. The molecule has 1 amide bonds. The largest absolute Gasteiger partial charge is 0.479 e. The van der Waals surface area contributed by atoms with Crippen LogP contribution in [-0.4, -0.2) is 49.5 Å². The fourth-order valence-corrected chi connectivity index (χ4v) is 3.93. The van der Waals surface area contributed by atoms with Crippen molar-refractivity contribution in [1.82, 2.24) is 25.2 Å². The van der Waals surface area contributed by atoms with Gasteiger partial charge in [0.1, 0.15) is 5.69 Å². The Morgan fingerprint density at radius 1 is 1.10 bits per heavy atom. The van der Waals surface area contributed by atoms with Gasteiger partial charge in [0.25, 0.3) is 11.8 Å². The van der Waals surface area contributed by atoms with Gasteiger partial charge in [-0.2, -0.15) is 4.98 Å². The van der Waals surface area contributed by atoms with E-state index in [0.717, 1.165) is 40.7 Å². The number of carbonyl (C=O) groups excluding carboxylic acids is 1. The molecule has 1 saturated carbocycles. The second kappa shape index (κ2) is 10.4. The molecule has 12 heteroatoms. The summed E-state index contributed by atoms with van der Waals surface area (Å²) in [6, 6.07) is 19.4. The van der Waals surface area contributed by atoms with Gasteiger partial charge in [-0.05, 0) is 54.8 Å². The van der Waals surface area contributed by atoms with E-state index in [9.17, 15) is 9.59 Å². The van der Waals surface area contributed by atoms with Crippen LogP contribution in [0.5, 0.6) is 5.88 Å². The summed E-state index contributed by atoms with van der Waals surface area (Å²) in [4.78, 5) is 26.6. The van der Waals surface area contributed by atoms with Gasteiger partial charge in [-0.1, -0.05) is 35.5 Å². The van der Waals surface area contributed by atoms with E-state index in [4.69, 9.17) is 15.4 Å². The third-order valence-electron chi connectivity index (χ3n) is 6.25. The molecule has 2 aromatic carbocycles. The molecule has 1 fully saturated rings. The molecular formula is C27H26N6O6. The third-order valence-corrected chi connectivity index (χ3v) is 6.25. The predicted octanol–water partition coefficient (Wildman–Crippen LogP) is 3.48. The van der Waals surface area contributed by atoms with E-state index < -0.39 is 11.5 Å². The van der Waals surface area contributed by atoms with Crippen LogP contribution in [0.3, 0.4) is 0 Å². The Kier molecular flexibility index (Phi) is 6.86. The van der Waals surface area contributed by atoms with Gasteiger partial charge < -0.3 is 34.5 Å². The number of hydrogen-bond acceptors (Lipinski definition) is 9. The van der Waals surface area contributed by atoms with Gasteiger partial charge in [0, 0.05) is 17.6 Å². The van der Waals surface area contributed by atoms with Crippen LogP contribution in [-0.2, 0) is 11.3 Å². The fraction of sp³-hybridized carbons (Fsp3) is 0.222. The number of benzene rings is 2. The van der Waals surface area contributed by atoms with Gasteiger partial charge in [-0.25, -0.2) is 4.79 Å². The van der Waals surface area contributed by atoms with Crippen molar-refractivity contribution in [2.45, 2.75) is 31.8 Å². The minimum Gasteiger partial charge on any atom is -0.479 e. The van der Waals surface area contributed by atoms with Crippen molar-refractivity contribution >= 4 is 22.8 Å². The number of amides is 1. The summed E-state index contributed by atoms with van der Waals surface area (Å²) in [6.45, 7) is 2.26. The highest BCUT2D eigenvalue weighted by Crippen LogP contribution is 2.33. The lowest BCUT2D eigenvalue weighted by atomic mass is 10.2. The Labute approximate surface area is 222 Å². The number of ether oxygens (including phenoxy) is 1. The summed E-state index contributed by atoms with van der Waals surface area (Å²) in [5, 5.41) is 19.5. The quantitative estimate of drug-likeness (QED) is 0.283. The molecule has 0 saturated heterocycles. The number of nitrogens with one attached hydrogen (secondary N) is 1. The predicted molar refractivity (Wildman–Crippen MR) is 139 cm³/mol. The van der Waals surface area contributed by atoms with E-state index in [1.54, 1.807) is 6.92 Å². The SMILES string of the molecule is COc1cc(C(=O)O)on1.Cc1noc(-c2cc3ccccc3n2-c2ccc(CNC(=O)C3(N)CC3)cc2)n1. The van der Waals surface area contributed by atoms with Gasteiger partial charge in [-0.15, -0.1) is 0 Å². The first-order valence-corrected chi connectivity index (χ1v) is 12.1. The van der Waals surface area contributed by atoms with Crippen LogP contribution in [0.15, 0.2) is 69.7 Å². The number of carboxylic acid groups (broad SMARTS) is 1. The number of nitrogens with zero attached hydrogens (tertiary/aromatic N) is 4. The maximum atomic E-state index is 12.0. The van der Waals surface area contributed by atoms with Crippen molar-refractivity contribution in [3.05, 3.63) is 77.8 Å². The zero-order chi connectivity index (χ0) is 27.6. The van der Waals surface area contributed by atoms with E-state index in [2.05, 4.69) is 46.6 Å². The lowest BCUT2D eigenvalue weighted by Gasteiger charge is -2.12. The van der Waals surface area contributed by atoms with E-state index in [0.29, 0.717) is 18.3 Å². The number of fused-ring (bicyclic) bond motifs is 1. The smallest absolute Gasteiger partial charge is 0.374 e. The van der Waals surface area contributed by atoms with E-state index in [-0.39, 0.29) is 17.5 Å². The average Bonchev–Trinajstić information content (AvgIpc) is 3.31. The van der Waals surface area contributed by atoms with Crippen molar-refractivity contribution in [3.63, 3.8) is 0 Å². The first-order chi connectivity index (χ1) is 18.8. The highest BCUT2D eigenvalue weighted by Gasteiger charge is 2.45. The number of rotatable bonds is 7. The fourth-order valence-electron chi connectivity index (χ4n) is 3.93. The molecule has 200 valence electrons. The molecule has 12 nitrogen and oxygen atoms in total. The number of aryl methyl sites for hydroxylation is 1. The zero-order valence-corrected chi connectivity index (χ0v) is 21.2. The second-order valence-corrected chi connectivity index (χ2v) is 9.11. The topological polar surface area (TPSA) is 172 Å². The molecule has 3 heterocycles. The number of aromatic nitrogens is 4. The molecule has 0 unspecified atom stereocenters. The molecular weight excluding hydrogens is 504 g/mol. The van der Waals surface area contributed by atoms with Gasteiger partial charge in [-0.3, -0.25) is 4.79 Å². The Morgan fingerprint density at radius 3 is 2.44 bits per heavy atom. The first kappa shape index (κ1) is 25.7. The Balaban J connectivity index is 0.000000261. The number of methoxy groups -OCH3 is 1. The van der Waals surface area contributed by atoms with E-state index in [1.165, 1.54) is 13.2 Å². The summed E-state index contributed by atoms with van der Waals surface area (Å²) in [6.07, 6.45) is 1.52. The molecule has 0 aliphatic heterocycles. The summed E-state index contributed by atoms with van der Waals surface area (Å²) < 4.78 is 16.4. The highest BCUT2D eigenvalue weighted by molar-refractivity contribution is 5.89. The summed E-state index contributed by atoms with van der Waals surface area (Å²) in [5.74, 6) is -0.221. The highest BCUT2D eigenvalue weighted by atomic mass is 16.5. The van der Waals surface area contributed by atoms with Crippen LogP contribution in [0.2, 0.25) is 0 Å². The monoisotopic (exact) mass is 530 g/mol. The molecule has 3 aromatic heterocycles. The van der Waals surface area contributed by atoms with Crippen molar-refractivity contribution in [3.8, 4) is 23.2 Å². The van der Waals surface area contributed by atoms with Crippen LogP contribution in [0, 0.1) is 6.92 Å². The molecule has 5 aromatic rings. The Bertz CT molecular complexity index is 1630. The van der Waals surface area contributed by atoms with Crippen LogP contribution >= 0.6 is 0 Å². The molecule has 6 rings (SSSR count). The normalized spacial score (nSPS) is 13.4. The van der Waals surface area contributed by atoms with Gasteiger partial charge in [0.05, 0.1) is 24.2 Å². The molecule has 0 atom stereocenters. The number of hydrogen-bond donors (Lipinski definition) is 3. The number of aromatic carboxylic acids is 1. The lowest BCUT2D eigenvalue weighted by Crippen LogP contribution is -2.42. The van der Waals surface area contributed by atoms with Crippen LogP contribution in [0.25, 0.3) is 28.2 Å². The number of carboxylic acids is 1. The lowest BCUT2D eigenvalue weighted by molar-refractivity contribution is -0.123. The molecule has 1 aliphatic carbocycles. The standard InChI is InChI=1S/C22H21N5O2.C5H5NO4/c1-14-25-20(29-26-14)19-12-16-4-2-3-5-18(16)27(19)17-8-6-15(7-9-17)13-24-21(28)22(23)10-11-22;1-9-4-2-3(5(7)8)10-6-4/h2-9,12H,10-11,13,23H2,1H3,(H,24,28);2H,1H3,(H,7,8). The number of carbonyl (C=O) groups is 2. The van der Waals surface area contributed by atoms with Crippen molar-refractivity contribution in [2.75, 3.05) is 7.11 Å². The van der Waals surface area contributed by atoms with Gasteiger partial charge in [0.15, 0.2) is 5.82 Å². The molecule has 39 heavy (non-hydrogen) atoms. The maximum Gasteiger partial charge on any atom is 0.374 e. The Hall–Kier alpha value is -4.97. The summed E-state index contributed by atoms with van der Waals surface area (Å²) in [7, 11) is 1.38. The summed E-state index contributed by atoms with van der Waals surface area (Å²) >= 11 is 0. The van der Waals surface area contributed by atoms with Crippen molar-refractivity contribution < 1.29 is 28.5 Å². The van der Waals surface area contributed by atoms with E-state index in [1.807, 2.05) is 42.5 Å². The number of para-hydroxylation sites is 1. The zero-order valence-electron chi connectivity index (χ0n) is 21.2. The molecule has 0 spiro atoms. The molecule has 1 aliphatic rings. The molecule has 0 radical (unpaired) electrons. The van der Waals surface area contributed by atoms with Gasteiger partial charge >= 0.3 is 5.97 Å². The van der Waals surface area contributed by atoms with Crippen LogP contribution in [0.1, 0.15) is 34.8 Å². The van der Waals surface area contributed by atoms with Crippen molar-refractivity contribution in [1.29, 1.82) is 0 Å². The average molecular weight is 531 g/mol. The third kappa shape index (κ3) is 5.50. The second-order valence-electron chi connectivity index (χ2n) is 9.11. The number of nitrogens with two attached hydrogens (primary N) is 1. The van der Waals surface area contributed by atoms with Crippen LogP contribution < -0.4 is 15.8 Å². The molecule has 4 N–H and O–H groups in total. The van der Waals surface area contributed by atoms with Crippen LogP contribution in [0.4, 0.5) is 0 Å². The first-order valence-electron chi connectivity index (χ1n) is 12.1. The minimum atomic E-state index is -1.16. The van der Waals surface area contributed by atoms with Gasteiger partial charge in [0.2, 0.25) is 11.7 Å². The Morgan fingerprint density at radius 2 is 1.85 bits per heavy atom. The van der Waals surface area contributed by atoms with Crippen molar-refractivity contribution in [2.24, 2.45) is 5.73 Å². The minimum absolute atomic E-state index is 0.0768. The van der Waals surface area contributed by atoms with E-state index >= 15 is 0 Å². The maximum absolute atomic E-state index is 12.0.